The predicted molar refractivity (Wildman–Crippen MR) is 104 cm³/mol. The number of nitro benzene ring substituents is 1. The Morgan fingerprint density at radius 2 is 2.22 bits per heavy atom. The number of ether oxygens (including phenoxy) is 1. The van der Waals surface area contributed by atoms with Crippen LogP contribution in [0.3, 0.4) is 0 Å². The number of nitrogens with one attached hydrogen (secondary N) is 1. The van der Waals surface area contributed by atoms with Crippen molar-refractivity contribution in [2.24, 2.45) is 0 Å². The summed E-state index contributed by atoms with van der Waals surface area (Å²) in [5, 5.41) is 16.2. The molecule has 1 N–H and O–H groups in total. The molecule has 0 radical (unpaired) electrons. The highest BCUT2D eigenvalue weighted by molar-refractivity contribution is 7.10. The summed E-state index contributed by atoms with van der Waals surface area (Å²) in [6.45, 7) is 1.71. The van der Waals surface area contributed by atoms with E-state index >= 15 is 0 Å². The summed E-state index contributed by atoms with van der Waals surface area (Å²) >= 11 is 1.79. The average Bonchev–Trinajstić information content (AvgIpc) is 3.16. The molecule has 0 unspecified atom stereocenters. The van der Waals surface area contributed by atoms with E-state index in [0.29, 0.717) is 17.4 Å². The highest BCUT2D eigenvalue weighted by Gasteiger charge is 2.19. The molecule has 3 heterocycles. The van der Waals surface area contributed by atoms with E-state index < -0.39 is 4.92 Å². The Bertz CT molecular complexity index is 991. The molecular weight excluding hydrogens is 366 g/mol. The first-order valence-electron chi connectivity index (χ1n) is 8.37. The zero-order valence-corrected chi connectivity index (χ0v) is 15.4. The molecule has 0 fully saturated rings. The van der Waals surface area contributed by atoms with Gasteiger partial charge in [0.05, 0.1) is 17.7 Å². The Kier molecular flexibility index (Phi) is 4.59. The van der Waals surface area contributed by atoms with Gasteiger partial charge in [-0.1, -0.05) is 0 Å². The number of methoxy groups -OCH3 is 1. The van der Waals surface area contributed by atoms with Crippen LogP contribution in [0.5, 0.6) is 5.75 Å². The van der Waals surface area contributed by atoms with Crippen molar-refractivity contribution < 1.29 is 9.66 Å². The number of aromatic nitrogens is 2. The second-order valence-corrected chi connectivity index (χ2v) is 7.05. The van der Waals surface area contributed by atoms with Crippen LogP contribution in [0.1, 0.15) is 10.4 Å². The molecule has 0 spiro atoms. The molecule has 138 valence electrons. The molecule has 0 atom stereocenters. The van der Waals surface area contributed by atoms with Gasteiger partial charge >= 0.3 is 0 Å². The van der Waals surface area contributed by atoms with Crippen molar-refractivity contribution in [1.82, 2.24) is 9.97 Å². The average molecular weight is 383 g/mol. The fourth-order valence-electron chi connectivity index (χ4n) is 3.06. The normalized spacial score (nSPS) is 13.1. The highest BCUT2D eigenvalue weighted by Crippen LogP contribution is 2.31. The molecule has 3 aromatic rings. The molecule has 2 aromatic heterocycles. The van der Waals surface area contributed by atoms with Gasteiger partial charge < -0.3 is 15.0 Å². The van der Waals surface area contributed by atoms with Crippen LogP contribution < -0.4 is 15.0 Å². The zero-order chi connectivity index (χ0) is 18.8. The number of hydrogen-bond acceptors (Lipinski definition) is 8. The van der Waals surface area contributed by atoms with Crippen LogP contribution in [0.2, 0.25) is 0 Å². The lowest BCUT2D eigenvalue weighted by atomic mass is 10.1. The second kappa shape index (κ2) is 7.20. The van der Waals surface area contributed by atoms with E-state index in [2.05, 4.69) is 31.6 Å². The molecule has 9 heteroatoms. The van der Waals surface area contributed by atoms with Crippen LogP contribution in [-0.2, 0) is 13.0 Å². The first-order chi connectivity index (χ1) is 13.1. The van der Waals surface area contributed by atoms with Gasteiger partial charge in [-0.25, -0.2) is 4.98 Å². The molecule has 4 rings (SSSR count). The fraction of sp³-hybridized carbons (Fsp3) is 0.222. The van der Waals surface area contributed by atoms with E-state index in [1.54, 1.807) is 23.6 Å². The van der Waals surface area contributed by atoms with Gasteiger partial charge in [0.15, 0.2) is 0 Å². The molecule has 0 saturated carbocycles. The smallest absolute Gasteiger partial charge is 0.271 e. The number of nitrogens with zero attached hydrogens (tertiary/aromatic N) is 4. The first-order valence-corrected chi connectivity index (χ1v) is 9.24. The largest absolute Gasteiger partial charge is 0.495 e. The third-order valence-electron chi connectivity index (χ3n) is 4.41. The molecule has 1 aromatic carbocycles. The third kappa shape index (κ3) is 3.54. The topological polar surface area (TPSA) is 93.4 Å². The molecule has 1 aliphatic heterocycles. The van der Waals surface area contributed by atoms with Gasteiger partial charge in [-0.3, -0.25) is 10.1 Å². The standard InChI is InChI=1S/C18H17N5O3S/c1-26-15-3-2-13(23(24)25)10-14(15)20-18-19-7-4-17(21-18)22-8-5-16-12(11-22)6-9-27-16/h2-4,6-7,9-10H,5,8,11H2,1H3,(H,19,20,21). The number of non-ortho nitro benzene ring substituents is 1. The number of thiophene rings is 1. The lowest BCUT2D eigenvalue weighted by Crippen LogP contribution is -2.30. The Labute approximate surface area is 159 Å². The molecule has 27 heavy (non-hydrogen) atoms. The number of anilines is 3. The van der Waals surface area contributed by atoms with Gasteiger partial charge in [0, 0.05) is 36.3 Å². The number of nitro groups is 1. The van der Waals surface area contributed by atoms with Crippen LogP contribution in [0.4, 0.5) is 23.1 Å². The second-order valence-electron chi connectivity index (χ2n) is 6.05. The molecule has 1 aliphatic rings. The lowest BCUT2D eigenvalue weighted by molar-refractivity contribution is -0.384. The Morgan fingerprint density at radius 3 is 3.04 bits per heavy atom. The molecular formula is C18H17N5O3S. The monoisotopic (exact) mass is 383 g/mol. The van der Waals surface area contributed by atoms with Gasteiger partial charge in [0.1, 0.15) is 11.6 Å². The van der Waals surface area contributed by atoms with Crippen LogP contribution >= 0.6 is 11.3 Å². The van der Waals surface area contributed by atoms with Crippen LogP contribution in [-0.4, -0.2) is 28.5 Å². The van der Waals surface area contributed by atoms with Gasteiger partial charge in [-0.15, -0.1) is 11.3 Å². The van der Waals surface area contributed by atoms with Gasteiger partial charge in [0.2, 0.25) is 5.95 Å². The summed E-state index contributed by atoms with van der Waals surface area (Å²) in [4.78, 5) is 23.0. The van der Waals surface area contributed by atoms with Gasteiger partial charge in [0.25, 0.3) is 5.69 Å². The predicted octanol–water partition coefficient (Wildman–Crippen LogP) is 3.76. The van der Waals surface area contributed by atoms with Gasteiger partial charge in [-0.05, 0) is 35.6 Å². The minimum atomic E-state index is -0.450. The zero-order valence-electron chi connectivity index (χ0n) is 14.6. The molecule has 0 amide bonds. The summed E-state index contributed by atoms with van der Waals surface area (Å²) in [5.74, 6) is 1.66. The summed E-state index contributed by atoms with van der Waals surface area (Å²) in [6.07, 6.45) is 2.68. The highest BCUT2D eigenvalue weighted by atomic mass is 32.1. The van der Waals surface area contributed by atoms with Crippen molar-refractivity contribution in [3.05, 3.63) is 62.5 Å². The van der Waals surface area contributed by atoms with Crippen molar-refractivity contribution in [2.45, 2.75) is 13.0 Å². The lowest BCUT2D eigenvalue weighted by Gasteiger charge is -2.28. The number of fused-ring (bicyclic) bond motifs is 1. The maximum absolute atomic E-state index is 11.0. The van der Waals surface area contributed by atoms with E-state index in [1.165, 1.54) is 29.7 Å². The number of hydrogen-bond donors (Lipinski definition) is 1. The maximum Gasteiger partial charge on any atom is 0.271 e. The Hall–Kier alpha value is -3.20. The Balaban J connectivity index is 1.59. The molecule has 0 bridgehead atoms. The minimum Gasteiger partial charge on any atom is -0.495 e. The summed E-state index contributed by atoms with van der Waals surface area (Å²) in [5.41, 5.74) is 1.75. The van der Waals surface area contributed by atoms with Gasteiger partial charge in [-0.2, -0.15) is 4.98 Å². The van der Waals surface area contributed by atoms with Crippen LogP contribution in [0, 0.1) is 10.1 Å². The van der Waals surface area contributed by atoms with Crippen molar-refractivity contribution in [3.8, 4) is 5.75 Å². The molecule has 8 nitrogen and oxygen atoms in total. The summed E-state index contributed by atoms with van der Waals surface area (Å²) in [7, 11) is 1.51. The van der Waals surface area contributed by atoms with E-state index in [1.807, 2.05) is 6.07 Å². The quantitative estimate of drug-likeness (QED) is 0.529. The minimum absolute atomic E-state index is 0.0320. The molecule has 0 saturated heterocycles. The van der Waals surface area contributed by atoms with Crippen molar-refractivity contribution in [3.63, 3.8) is 0 Å². The fourth-order valence-corrected chi connectivity index (χ4v) is 3.95. The van der Waals surface area contributed by atoms with Crippen molar-refractivity contribution in [2.75, 3.05) is 23.9 Å². The number of rotatable bonds is 5. The molecule has 0 aliphatic carbocycles. The van der Waals surface area contributed by atoms with E-state index in [0.717, 1.165) is 25.3 Å². The van der Waals surface area contributed by atoms with Crippen LogP contribution in [0.15, 0.2) is 41.9 Å². The maximum atomic E-state index is 11.0. The SMILES string of the molecule is COc1ccc([N+](=O)[O-])cc1Nc1nccc(N2CCc3sccc3C2)n1. The van der Waals surface area contributed by atoms with E-state index in [-0.39, 0.29) is 5.69 Å². The summed E-state index contributed by atoms with van der Waals surface area (Å²) in [6, 6.07) is 8.38. The van der Waals surface area contributed by atoms with Crippen LogP contribution in [0.25, 0.3) is 0 Å². The third-order valence-corrected chi connectivity index (χ3v) is 5.44. The van der Waals surface area contributed by atoms with E-state index in [9.17, 15) is 10.1 Å². The van der Waals surface area contributed by atoms with Crippen molar-refractivity contribution >= 4 is 34.5 Å². The Morgan fingerprint density at radius 1 is 1.33 bits per heavy atom. The summed E-state index contributed by atoms with van der Waals surface area (Å²) < 4.78 is 5.28. The number of benzene rings is 1. The first kappa shape index (κ1) is 17.2. The van der Waals surface area contributed by atoms with E-state index in [4.69, 9.17) is 4.74 Å². The van der Waals surface area contributed by atoms with Crippen molar-refractivity contribution in [1.29, 1.82) is 0 Å².